The zero-order chi connectivity index (χ0) is 26.0. The number of hydrogen-bond donors (Lipinski definition) is 10. The Balaban J connectivity index is 1.78. The average molecular weight is 519 g/mol. The fraction of sp³-hybridized carbons (Fsp3) is 1.00. The van der Waals surface area contributed by atoms with Gasteiger partial charge in [0.25, 0.3) is 0 Å². The molecular weight excluding hydrogens is 488 g/mol. The Bertz CT molecular complexity index is 657. The van der Waals surface area contributed by atoms with Gasteiger partial charge in [-0.25, -0.2) is 0 Å². The summed E-state index contributed by atoms with van der Waals surface area (Å²) < 4.78 is 26.2. The molecule has 3 fully saturated rings. The summed E-state index contributed by atoms with van der Waals surface area (Å²) in [5, 5.41) is 111. The molecule has 17 heteroatoms. The van der Waals surface area contributed by atoms with Crippen molar-refractivity contribution in [2.45, 2.75) is 92.1 Å². The van der Waals surface area contributed by atoms with Crippen LogP contribution >= 0.6 is 0 Å². The molecule has 3 heterocycles. The van der Waals surface area contributed by atoms with Crippen LogP contribution in [-0.2, 0) is 28.6 Å². The number of hydrogen-bond acceptors (Lipinski definition) is 17. The van der Waals surface area contributed by atoms with Gasteiger partial charge in [-0.2, -0.15) is 0 Å². The Labute approximate surface area is 197 Å². The van der Waals surface area contributed by atoms with Gasteiger partial charge >= 0.3 is 0 Å². The molecule has 0 radical (unpaired) electrons. The molecule has 206 valence electrons. The molecule has 6 unspecified atom stereocenters. The normalized spacial score (nSPS) is 51.3. The van der Waals surface area contributed by atoms with Crippen LogP contribution in [0.15, 0.2) is 0 Å². The molecule has 15 atom stereocenters. The molecule has 0 aliphatic carbocycles. The van der Waals surface area contributed by atoms with E-state index in [9.17, 15) is 56.3 Å². The largest absolute Gasteiger partial charge is 0.723 e. The molecule has 35 heavy (non-hydrogen) atoms. The standard InChI is InChI=1S/C18H32O17/c19-1-4-8(22)14(12(26)16(28)31-4)34-18-13(27)15(9(23)5(2-20)32-18)35-17-11(25)10(24)7(21)6(33-17)3-30-29/h4-29H,1-3H2/p-1/t4?,5?,6?,7-,8-,9-,10+,11?,12?,13?,14+,15+,16-,17-,18-/m1/s1. The molecule has 3 rings (SSSR count). The highest BCUT2D eigenvalue weighted by Gasteiger charge is 2.53. The maximum atomic E-state index is 10.8. The predicted molar refractivity (Wildman–Crippen MR) is 100 cm³/mol. The van der Waals surface area contributed by atoms with Crippen molar-refractivity contribution in [3.8, 4) is 0 Å². The van der Waals surface area contributed by atoms with E-state index in [0.29, 0.717) is 0 Å². The summed E-state index contributed by atoms with van der Waals surface area (Å²) >= 11 is 0. The summed E-state index contributed by atoms with van der Waals surface area (Å²) in [4.78, 5) is 3.65. The van der Waals surface area contributed by atoms with Crippen molar-refractivity contribution in [3.63, 3.8) is 0 Å². The fourth-order valence-electron chi connectivity index (χ4n) is 4.10. The summed E-state index contributed by atoms with van der Waals surface area (Å²) in [6.45, 7) is -2.35. The highest BCUT2D eigenvalue weighted by atomic mass is 17.1. The third-order valence-corrected chi connectivity index (χ3v) is 6.15. The van der Waals surface area contributed by atoms with Gasteiger partial charge < -0.3 is 84.9 Å². The number of rotatable bonds is 8. The van der Waals surface area contributed by atoms with Gasteiger partial charge in [0.1, 0.15) is 73.2 Å². The van der Waals surface area contributed by atoms with Crippen LogP contribution in [0.1, 0.15) is 0 Å². The molecule has 0 saturated carbocycles. The van der Waals surface area contributed by atoms with E-state index in [0.717, 1.165) is 0 Å². The van der Waals surface area contributed by atoms with E-state index in [1.54, 1.807) is 0 Å². The van der Waals surface area contributed by atoms with E-state index < -0.39 is 112 Å². The SMILES string of the molecule is [O-]OCC1O[C@H](O[C@@H]2C(O)[C@@H](O[C@@H]3C(O)[C@H](O)OC(CO)[C@H]3O)OC(CO)[C@H]2O)C(O)[C@@H](O)[C@@H]1O. The molecule has 17 nitrogen and oxygen atoms in total. The Hall–Kier alpha value is -0.680. The summed E-state index contributed by atoms with van der Waals surface area (Å²) in [5.41, 5.74) is 0. The Morgan fingerprint density at radius 2 is 1.03 bits per heavy atom. The Kier molecular flexibility index (Phi) is 10.1. The number of aliphatic hydroxyl groups is 10. The number of aliphatic hydroxyl groups excluding tert-OH is 10. The molecule has 0 spiro atoms. The molecule has 3 saturated heterocycles. The van der Waals surface area contributed by atoms with Crippen LogP contribution in [0.3, 0.4) is 0 Å². The van der Waals surface area contributed by atoms with Crippen molar-refractivity contribution >= 4 is 0 Å². The van der Waals surface area contributed by atoms with Gasteiger partial charge in [0.2, 0.25) is 0 Å². The van der Waals surface area contributed by atoms with Crippen molar-refractivity contribution in [1.29, 1.82) is 0 Å². The van der Waals surface area contributed by atoms with Crippen LogP contribution in [0.4, 0.5) is 0 Å². The first-order chi connectivity index (χ1) is 16.5. The molecular formula is C18H31O17-. The second kappa shape index (κ2) is 12.2. The molecule has 0 aromatic rings. The number of ether oxygens (including phenoxy) is 5. The van der Waals surface area contributed by atoms with Crippen LogP contribution in [0.25, 0.3) is 0 Å². The summed E-state index contributed by atoms with van der Waals surface area (Å²) in [6, 6.07) is 0. The fourth-order valence-corrected chi connectivity index (χ4v) is 4.10. The van der Waals surface area contributed by atoms with Crippen molar-refractivity contribution < 1.29 is 84.9 Å². The lowest BCUT2D eigenvalue weighted by Crippen LogP contribution is -2.66. The summed E-state index contributed by atoms with van der Waals surface area (Å²) in [7, 11) is 0. The monoisotopic (exact) mass is 519 g/mol. The van der Waals surface area contributed by atoms with Gasteiger partial charge in [0.15, 0.2) is 18.9 Å². The zero-order valence-corrected chi connectivity index (χ0v) is 18.1. The van der Waals surface area contributed by atoms with E-state index in [4.69, 9.17) is 23.7 Å². The molecule has 3 aliphatic rings. The van der Waals surface area contributed by atoms with E-state index in [1.807, 2.05) is 0 Å². The van der Waals surface area contributed by atoms with E-state index in [2.05, 4.69) is 4.89 Å². The van der Waals surface area contributed by atoms with Crippen molar-refractivity contribution in [1.82, 2.24) is 0 Å². The minimum atomic E-state index is -1.95. The van der Waals surface area contributed by atoms with Gasteiger partial charge in [-0.1, -0.05) is 0 Å². The van der Waals surface area contributed by atoms with Crippen LogP contribution < -0.4 is 5.26 Å². The lowest BCUT2D eigenvalue weighted by atomic mass is 9.96. The highest BCUT2D eigenvalue weighted by Crippen LogP contribution is 2.32. The minimum absolute atomic E-state index is 0.747. The van der Waals surface area contributed by atoms with Gasteiger partial charge in [-0.3, -0.25) is 0 Å². The summed E-state index contributed by atoms with van der Waals surface area (Å²) in [6.07, 6.45) is -26.1. The van der Waals surface area contributed by atoms with Crippen LogP contribution in [0.5, 0.6) is 0 Å². The zero-order valence-electron chi connectivity index (χ0n) is 18.1. The predicted octanol–water partition coefficient (Wildman–Crippen LogP) is -8.27. The Morgan fingerprint density at radius 1 is 0.543 bits per heavy atom. The molecule has 0 bridgehead atoms. The molecule has 0 amide bonds. The molecule has 0 aromatic heterocycles. The van der Waals surface area contributed by atoms with Gasteiger partial charge in [-0.15, -0.1) is 0 Å². The van der Waals surface area contributed by atoms with Crippen molar-refractivity contribution in [3.05, 3.63) is 0 Å². The second-order valence-corrected chi connectivity index (χ2v) is 8.44. The summed E-state index contributed by atoms with van der Waals surface area (Å²) in [5.74, 6) is 0. The first-order valence-corrected chi connectivity index (χ1v) is 10.7. The van der Waals surface area contributed by atoms with Crippen LogP contribution in [0.2, 0.25) is 0 Å². The third-order valence-electron chi connectivity index (χ3n) is 6.15. The molecule has 10 N–H and O–H groups in total. The average Bonchev–Trinajstić information content (AvgIpc) is 2.84. The maximum Gasteiger partial charge on any atom is 0.187 e. The smallest absolute Gasteiger partial charge is 0.187 e. The molecule has 0 aromatic carbocycles. The maximum absolute atomic E-state index is 10.8. The van der Waals surface area contributed by atoms with Gasteiger partial charge in [0.05, 0.1) is 19.8 Å². The molecule has 3 aliphatic heterocycles. The first-order valence-electron chi connectivity index (χ1n) is 10.7. The second-order valence-electron chi connectivity index (χ2n) is 8.44. The lowest BCUT2D eigenvalue weighted by Gasteiger charge is -2.48. The van der Waals surface area contributed by atoms with Crippen LogP contribution in [0, 0.1) is 0 Å². The van der Waals surface area contributed by atoms with Crippen molar-refractivity contribution in [2.24, 2.45) is 0 Å². The topological polar surface area (TPSA) is 281 Å². The third kappa shape index (κ3) is 5.92. The minimum Gasteiger partial charge on any atom is -0.723 e. The first kappa shape index (κ1) is 28.9. The van der Waals surface area contributed by atoms with E-state index >= 15 is 0 Å². The lowest BCUT2D eigenvalue weighted by molar-refractivity contribution is -0.692. The van der Waals surface area contributed by atoms with Gasteiger partial charge in [-0.05, 0) is 0 Å². The van der Waals surface area contributed by atoms with Crippen LogP contribution in [-0.4, -0.2) is 163 Å². The van der Waals surface area contributed by atoms with Crippen molar-refractivity contribution in [2.75, 3.05) is 19.8 Å². The highest BCUT2D eigenvalue weighted by molar-refractivity contribution is 4.96. The Morgan fingerprint density at radius 3 is 1.57 bits per heavy atom. The van der Waals surface area contributed by atoms with E-state index in [1.165, 1.54) is 0 Å². The van der Waals surface area contributed by atoms with Gasteiger partial charge in [0, 0.05) is 0 Å². The quantitative estimate of drug-likeness (QED) is 0.105. The van der Waals surface area contributed by atoms with E-state index in [-0.39, 0.29) is 0 Å².